The predicted octanol–water partition coefficient (Wildman–Crippen LogP) is 5.57. The zero-order chi connectivity index (χ0) is 18.8. The number of nitrogens with zero attached hydrogens (tertiary/aromatic N) is 2. The molecule has 2 atom stereocenters. The predicted molar refractivity (Wildman–Crippen MR) is 98.0 cm³/mol. The number of hydrogen-bond donors (Lipinski definition) is 0. The van der Waals surface area contributed by atoms with Crippen molar-refractivity contribution in [1.29, 1.82) is 0 Å². The number of piperidine rings is 1. The van der Waals surface area contributed by atoms with Crippen molar-refractivity contribution in [2.45, 2.75) is 77.7 Å². The first kappa shape index (κ1) is 20.1. The molecular formula is C20H31F3N2. The Hall–Kier alpha value is -1.23. The van der Waals surface area contributed by atoms with Crippen molar-refractivity contribution < 1.29 is 13.2 Å². The second-order valence-corrected chi connectivity index (χ2v) is 7.94. The van der Waals surface area contributed by atoms with Crippen LogP contribution in [0.5, 0.6) is 0 Å². The lowest BCUT2D eigenvalue weighted by Crippen LogP contribution is -2.56. The van der Waals surface area contributed by atoms with Gasteiger partial charge in [0.25, 0.3) is 0 Å². The van der Waals surface area contributed by atoms with Gasteiger partial charge in [0.1, 0.15) is 0 Å². The maximum absolute atomic E-state index is 12.8. The highest BCUT2D eigenvalue weighted by Gasteiger charge is 2.36. The van der Waals surface area contributed by atoms with Crippen LogP contribution in [0, 0.1) is 0 Å². The molecule has 0 N–H and O–H groups in total. The molecular weight excluding hydrogens is 325 g/mol. The number of likely N-dealkylation sites (tertiary alicyclic amines) is 1. The molecule has 5 heteroatoms. The van der Waals surface area contributed by atoms with Crippen LogP contribution < -0.4 is 4.90 Å². The quantitative estimate of drug-likeness (QED) is 0.695. The third kappa shape index (κ3) is 4.69. The summed E-state index contributed by atoms with van der Waals surface area (Å²) in [6.07, 6.45) is -1.08. The van der Waals surface area contributed by atoms with E-state index in [2.05, 4.69) is 44.4 Å². The van der Waals surface area contributed by atoms with E-state index in [0.717, 1.165) is 38.0 Å². The van der Waals surface area contributed by atoms with Gasteiger partial charge >= 0.3 is 6.18 Å². The van der Waals surface area contributed by atoms with Crippen LogP contribution in [0.3, 0.4) is 0 Å². The number of benzene rings is 1. The summed E-state index contributed by atoms with van der Waals surface area (Å²) in [4.78, 5) is 4.84. The summed E-state index contributed by atoms with van der Waals surface area (Å²) in [7, 11) is 0. The molecule has 1 heterocycles. The van der Waals surface area contributed by atoms with E-state index in [0.29, 0.717) is 12.1 Å². The van der Waals surface area contributed by atoms with E-state index in [1.165, 1.54) is 12.1 Å². The van der Waals surface area contributed by atoms with E-state index in [4.69, 9.17) is 0 Å². The van der Waals surface area contributed by atoms with E-state index >= 15 is 0 Å². The van der Waals surface area contributed by atoms with Crippen LogP contribution in [0.1, 0.15) is 59.4 Å². The lowest BCUT2D eigenvalue weighted by atomic mass is 9.89. The molecule has 0 saturated carbocycles. The van der Waals surface area contributed by atoms with Gasteiger partial charge in [-0.3, -0.25) is 4.90 Å². The second kappa shape index (κ2) is 7.56. The Kier molecular flexibility index (Phi) is 6.08. The van der Waals surface area contributed by atoms with Gasteiger partial charge in [0.15, 0.2) is 0 Å². The van der Waals surface area contributed by atoms with Crippen molar-refractivity contribution in [2.75, 3.05) is 18.0 Å². The molecule has 0 aliphatic carbocycles. The molecule has 0 spiro atoms. The van der Waals surface area contributed by atoms with Gasteiger partial charge in [-0.2, -0.15) is 13.2 Å². The van der Waals surface area contributed by atoms with Crippen molar-refractivity contribution in [3.63, 3.8) is 0 Å². The average molecular weight is 356 g/mol. The molecule has 1 fully saturated rings. The Balaban J connectivity index is 2.16. The van der Waals surface area contributed by atoms with Gasteiger partial charge < -0.3 is 4.90 Å². The number of halogens is 3. The fourth-order valence-corrected chi connectivity index (χ4v) is 4.08. The Morgan fingerprint density at radius 3 is 2.12 bits per heavy atom. The molecule has 0 bridgehead atoms. The number of alkyl halides is 3. The SMILES string of the molecule is CCC1CC(N(CC)c2ccc(C(F)(F)F)cc2)CCN1C(C)(C)C. The van der Waals surface area contributed by atoms with E-state index in [-0.39, 0.29) is 5.54 Å². The first-order chi connectivity index (χ1) is 11.6. The van der Waals surface area contributed by atoms with Gasteiger partial charge in [0.2, 0.25) is 0 Å². The van der Waals surface area contributed by atoms with E-state index in [9.17, 15) is 13.2 Å². The number of anilines is 1. The minimum atomic E-state index is -4.28. The summed E-state index contributed by atoms with van der Waals surface area (Å²) in [5.74, 6) is 0. The fourth-order valence-electron chi connectivity index (χ4n) is 4.08. The molecule has 1 aliphatic rings. The minimum Gasteiger partial charge on any atom is -0.369 e. The third-order valence-electron chi connectivity index (χ3n) is 5.33. The van der Waals surface area contributed by atoms with E-state index < -0.39 is 11.7 Å². The van der Waals surface area contributed by atoms with Gasteiger partial charge in [0, 0.05) is 36.4 Å². The van der Waals surface area contributed by atoms with Gasteiger partial charge in [0.05, 0.1) is 5.56 Å². The Bertz CT molecular complexity index is 546. The van der Waals surface area contributed by atoms with Gasteiger partial charge in [-0.1, -0.05) is 6.92 Å². The van der Waals surface area contributed by atoms with Crippen LogP contribution in [0.15, 0.2) is 24.3 Å². The standard InChI is InChI=1S/C20H31F3N2/c1-6-16-14-18(12-13-25(16)19(3,4)5)24(7-2)17-10-8-15(9-11-17)20(21,22)23/h8-11,16,18H,6-7,12-14H2,1-5H3. The molecule has 0 aromatic heterocycles. The van der Waals surface area contributed by atoms with Gasteiger partial charge in [-0.05, 0) is 71.2 Å². The zero-order valence-electron chi connectivity index (χ0n) is 16.0. The lowest BCUT2D eigenvalue weighted by Gasteiger charge is -2.49. The van der Waals surface area contributed by atoms with Crippen molar-refractivity contribution in [2.24, 2.45) is 0 Å². The van der Waals surface area contributed by atoms with Crippen LogP contribution in [-0.4, -0.2) is 35.6 Å². The maximum Gasteiger partial charge on any atom is 0.416 e. The molecule has 142 valence electrons. The largest absolute Gasteiger partial charge is 0.416 e. The average Bonchev–Trinajstić information content (AvgIpc) is 2.54. The fraction of sp³-hybridized carbons (Fsp3) is 0.700. The van der Waals surface area contributed by atoms with E-state index in [1.54, 1.807) is 12.1 Å². The first-order valence-electron chi connectivity index (χ1n) is 9.28. The Morgan fingerprint density at radius 2 is 1.68 bits per heavy atom. The number of hydrogen-bond acceptors (Lipinski definition) is 2. The summed E-state index contributed by atoms with van der Waals surface area (Å²) in [5.41, 5.74) is 0.456. The first-order valence-corrected chi connectivity index (χ1v) is 9.28. The van der Waals surface area contributed by atoms with Gasteiger partial charge in [-0.15, -0.1) is 0 Å². The van der Waals surface area contributed by atoms with E-state index in [1.807, 2.05) is 0 Å². The molecule has 1 aromatic rings. The zero-order valence-corrected chi connectivity index (χ0v) is 16.0. The second-order valence-electron chi connectivity index (χ2n) is 7.94. The minimum absolute atomic E-state index is 0.150. The lowest BCUT2D eigenvalue weighted by molar-refractivity contribution is -0.137. The molecule has 25 heavy (non-hydrogen) atoms. The molecule has 0 amide bonds. The van der Waals surface area contributed by atoms with Crippen LogP contribution in [-0.2, 0) is 6.18 Å². The number of rotatable bonds is 4. The molecule has 2 unspecified atom stereocenters. The molecule has 1 saturated heterocycles. The molecule has 2 nitrogen and oxygen atoms in total. The summed E-state index contributed by atoms with van der Waals surface area (Å²) in [5, 5.41) is 0. The van der Waals surface area contributed by atoms with Crippen molar-refractivity contribution in [3.8, 4) is 0 Å². The highest BCUT2D eigenvalue weighted by molar-refractivity contribution is 5.49. The monoisotopic (exact) mass is 356 g/mol. The third-order valence-corrected chi connectivity index (χ3v) is 5.33. The van der Waals surface area contributed by atoms with Crippen molar-refractivity contribution in [1.82, 2.24) is 4.90 Å². The smallest absolute Gasteiger partial charge is 0.369 e. The topological polar surface area (TPSA) is 6.48 Å². The summed E-state index contributed by atoms with van der Waals surface area (Å²) in [6.45, 7) is 12.9. The molecule has 1 aliphatic heterocycles. The Morgan fingerprint density at radius 1 is 1.08 bits per heavy atom. The molecule has 2 rings (SSSR count). The maximum atomic E-state index is 12.8. The van der Waals surface area contributed by atoms with Crippen LogP contribution >= 0.6 is 0 Å². The van der Waals surface area contributed by atoms with Crippen LogP contribution in [0.25, 0.3) is 0 Å². The summed E-state index contributed by atoms with van der Waals surface area (Å²) in [6, 6.07) is 6.51. The normalized spacial score (nSPS) is 22.9. The molecule has 0 radical (unpaired) electrons. The molecule has 1 aromatic carbocycles. The highest BCUT2D eigenvalue weighted by atomic mass is 19.4. The van der Waals surface area contributed by atoms with Crippen molar-refractivity contribution in [3.05, 3.63) is 29.8 Å². The summed E-state index contributed by atoms with van der Waals surface area (Å²) >= 11 is 0. The Labute approximate surface area is 150 Å². The summed E-state index contributed by atoms with van der Waals surface area (Å²) < 4.78 is 38.4. The highest BCUT2D eigenvalue weighted by Crippen LogP contribution is 2.34. The van der Waals surface area contributed by atoms with Gasteiger partial charge in [-0.25, -0.2) is 0 Å². The van der Waals surface area contributed by atoms with Crippen molar-refractivity contribution >= 4 is 5.69 Å². The van der Waals surface area contributed by atoms with Crippen LogP contribution in [0.2, 0.25) is 0 Å². The van der Waals surface area contributed by atoms with Crippen LogP contribution in [0.4, 0.5) is 18.9 Å².